The van der Waals surface area contributed by atoms with Crippen LogP contribution in [0.2, 0.25) is 0 Å². The lowest BCUT2D eigenvalue weighted by atomic mass is 9.83. The lowest BCUT2D eigenvalue weighted by molar-refractivity contribution is -0.143. The number of hydrogen-bond acceptors (Lipinski definition) is 4. The molecule has 7 nitrogen and oxygen atoms in total. The first-order chi connectivity index (χ1) is 13.5. The topological polar surface area (TPSA) is 79.0 Å². The highest BCUT2D eigenvalue weighted by Crippen LogP contribution is 2.37. The molecule has 1 aromatic carbocycles. The Labute approximate surface area is 166 Å². The number of benzene rings is 1. The van der Waals surface area contributed by atoms with Gasteiger partial charge in [0.25, 0.3) is 0 Å². The maximum atomic E-state index is 13.0. The lowest BCUT2D eigenvalue weighted by Gasteiger charge is -2.40. The Morgan fingerprint density at radius 2 is 2.07 bits per heavy atom. The van der Waals surface area contributed by atoms with Gasteiger partial charge in [-0.15, -0.1) is 0 Å². The number of hydrogen-bond donors (Lipinski definition) is 1. The highest BCUT2D eigenvalue weighted by molar-refractivity contribution is 5.85. The maximum absolute atomic E-state index is 13.0. The van der Waals surface area contributed by atoms with Crippen molar-refractivity contribution < 1.29 is 19.1 Å². The van der Waals surface area contributed by atoms with Crippen molar-refractivity contribution in [3.63, 3.8) is 0 Å². The zero-order valence-electron chi connectivity index (χ0n) is 16.6. The van der Waals surface area contributed by atoms with Crippen LogP contribution in [0.1, 0.15) is 44.2 Å². The van der Waals surface area contributed by atoms with Gasteiger partial charge >= 0.3 is 0 Å². The minimum absolute atomic E-state index is 0.0644. The van der Waals surface area contributed by atoms with Crippen LogP contribution < -0.4 is 10.1 Å². The number of likely N-dealkylation sites (tertiary alicyclic amines) is 2. The van der Waals surface area contributed by atoms with Crippen LogP contribution in [0.3, 0.4) is 0 Å². The van der Waals surface area contributed by atoms with Crippen LogP contribution in [-0.2, 0) is 14.4 Å². The van der Waals surface area contributed by atoms with Crippen LogP contribution in [0.15, 0.2) is 24.3 Å². The molecule has 7 heteroatoms. The van der Waals surface area contributed by atoms with Crippen molar-refractivity contribution in [3.05, 3.63) is 29.8 Å². The second-order valence-electron chi connectivity index (χ2n) is 7.32. The molecular formula is C21H29N3O4. The van der Waals surface area contributed by atoms with Gasteiger partial charge in [0.05, 0.1) is 19.1 Å². The van der Waals surface area contributed by atoms with E-state index in [0.717, 1.165) is 18.5 Å². The molecule has 0 saturated carbocycles. The average Bonchev–Trinajstić information content (AvgIpc) is 3.12. The van der Waals surface area contributed by atoms with E-state index >= 15 is 0 Å². The smallest absolute Gasteiger partial charge is 0.225 e. The Balaban J connectivity index is 1.73. The summed E-state index contributed by atoms with van der Waals surface area (Å²) in [6.07, 6.45) is 2.38. The number of carbonyl (C=O) groups is 3. The predicted molar refractivity (Wildman–Crippen MR) is 105 cm³/mol. The normalized spacial score (nSPS) is 22.5. The first-order valence-electron chi connectivity index (χ1n) is 10.0. The number of nitrogens with zero attached hydrogens (tertiary/aromatic N) is 2. The molecule has 3 amide bonds. The fraction of sp³-hybridized carbons (Fsp3) is 0.571. The van der Waals surface area contributed by atoms with E-state index in [1.165, 1.54) is 0 Å². The second-order valence-corrected chi connectivity index (χ2v) is 7.32. The van der Waals surface area contributed by atoms with Gasteiger partial charge in [0, 0.05) is 39.0 Å². The third kappa shape index (κ3) is 4.29. The third-order valence-electron chi connectivity index (χ3n) is 5.67. The van der Waals surface area contributed by atoms with Crippen molar-refractivity contribution in [2.24, 2.45) is 5.92 Å². The third-order valence-corrected chi connectivity index (χ3v) is 5.67. The number of methoxy groups -OCH3 is 1. The molecule has 1 aromatic rings. The van der Waals surface area contributed by atoms with Crippen molar-refractivity contribution in [3.8, 4) is 5.75 Å². The van der Waals surface area contributed by atoms with Gasteiger partial charge < -0.3 is 19.9 Å². The van der Waals surface area contributed by atoms with Crippen LogP contribution in [0.4, 0.5) is 0 Å². The van der Waals surface area contributed by atoms with E-state index < -0.39 is 0 Å². The minimum atomic E-state index is -0.320. The van der Waals surface area contributed by atoms with Gasteiger partial charge in [-0.05, 0) is 37.5 Å². The average molecular weight is 387 g/mol. The number of carbonyl (C=O) groups excluding carboxylic acids is 3. The summed E-state index contributed by atoms with van der Waals surface area (Å²) >= 11 is 0. The van der Waals surface area contributed by atoms with E-state index in [1.807, 2.05) is 31.2 Å². The van der Waals surface area contributed by atoms with E-state index in [1.54, 1.807) is 16.9 Å². The van der Waals surface area contributed by atoms with Crippen molar-refractivity contribution >= 4 is 17.7 Å². The Morgan fingerprint density at radius 1 is 1.25 bits per heavy atom. The van der Waals surface area contributed by atoms with Crippen LogP contribution in [0, 0.1) is 5.92 Å². The van der Waals surface area contributed by atoms with Gasteiger partial charge in [0.15, 0.2) is 0 Å². The Bertz CT molecular complexity index is 736. The van der Waals surface area contributed by atoms with Crippen molar-refractivity contribution in [1.82, 2.24) is 15.1 Å². The SMILES string of the molecule is CCN1C(=O)CC[C@@H](C(=O)NCCN2CCCC2=O)[C@@H]1c1cccc(OC)c1. The molecule has 0 bridgehead atoms. The molecule has 2 fully saturated rings. The molecule has 2 atom stereocenters. The zero-order chi connectivity index (χ0) is 20.1. The summed E-state index contributed by atoms with van der Waals surface area (Å²) in [7, 11) is 1.60. The zero-order valence-corrected chi connectivity index (χ0v) is 16.6. The van der Waals surface area contributed by atoms with Crippen molar-refractivity contribution in [1.29, 1.82) is 0 Å². The van der Waals surface area contributed by atoms with Crippen LogP contribution in [0.25, 0.3) is 0 Å². The largest absolute Gasteiger partial charge is 0.497 e. The summed E-state index contributed by atoms with van der Waals surface area (Å²) in [5, 5.41) is 2.99. The molecule has 0 spiro atoms. The molecule has 2 aliphatic heterocycles. The molecule has 0 aromatic heterocycles. The monoisotopic (exact) mass is 387 g/mol. The highest BCUT2D eigenvalue weighted by atomic mass is 16.5. The van der Waals surface area contributed by atoms with Crippen molar-refractivity contribution in [2.45, 2.75) is 38.6 Å². The van der Waals surface area contributed by atoms with Gasteiger partial charge in [-0.3, -0.25) is 14.4 Å². The molecule has 2 aliphatic rings. The van der Waals surface area contributed by atoms with Crippen LogP contribution in [-0.4, -0.2) is 60.8 Å². The van der Waals surface area contributed by atoms with Crippen molar-refractivity contribution in [2.75, 3.05) is 33.3 Å². The van der Waals surface area contributed by atoms with Gasteiger partial charge in [-0.2, -0.15) is 0 Å². The first kappa shape index (κ1) is 20.2. The Kier molecular flexibility index (Phi) is 6.54. The predicted octanol–water partition coefficient (Wildman–Crippen LogP) is 1.73. The van der Waals surface area contributed by atoms with Gasteiger partial charge in [0.2, 0.25) is 17.7 Å². The van der Waals surface area contributed by atoms with Crippen LogP contribution in [0.5, 0.6) is 5.75 Å². The maximum Gasteiger partial charge on any atom is 0.225 e. The van der Waals surface area contributed by atoms with E-state index in [9.17, 15) is 14.4 Å². The molecule has 0 aliphatic carbocycles. The molecule has 2 saturated heterocycles. The number of amides is 3. The standard InChI is InChI=1S/C21H29N3O4/c1-3-24-19(26)10-9-17(20(24)15-6-4-7-16(14-15)28-2)21(27)22-11-13-23-12-5-8-18(23)25/h4,6-7,14,17,20H,3,5,8-13H2,1-2H3,(H,22,27)/t17-,20+/m1/s1. The summed E-state index contributed by atoms with van der Waals surface area (Å²) < 4.78 is 5.33. The first-order valence-corrected chi connectivity index (χ1v) is 10.0. The summed E-state index contributed by atoms with van der Waals surface area (Å²) in [5.41, 5.74) is 0.907. The van der Waals surface area contributed by atoms with Gasteiger partial charge in [-0.1, -0.05) is 12.1 Å². The lowest BCUT2D eigenvalue weighted by Crippen LogP contribution is -2.48. The molecule has 28 heavy (non-hydrogen) atoms. The highest BCUT2D eigenvalue weighted by Gasteiger charge is 2.40. The molecular weight excluding hydrogens is 358 g/mol. The molecule has 2 heterocycles. The van der Waals surface area contributed by atoms with Gasteiger partial charge in [-0.25, -0.2) is 0 Å². The van der Waals surface area contributed by atoms with E-state index in [4.69, 9.17) is 4.74 Å². The fourth-order valence-electron chi connectivity index (χ4n) is 4.22. The quantitative estimate of drug-likeness (QED) is 0.773. The van der Waals surface area contributed by atoms with Gasteiger partial charge in [0.1, 0.15) is 5.75 Å². The Morgan fingerprint density at radius 3 is 2.75 bits per heavy atom. The Hall–Kier alpha value is -2.57. The summed E-state index contributed by atoms with van der Waals surface area (Å²) in [6, 6.07) is 7.27. The number of rotatable bonds is 7. The fourth-order valence-corrected chi connectivity index (χ4v) is 4.22. The number of nitrogens with one attached hydrogen (secondary N) is 1. The summed E-state index contributed by atoms with van der Waals surface area (Å²) in [6.45, 7) is 4.23. The molecule has 3 rings (SSSR count). The molecule has 0 unspecified atom stereocenters. The van der Waals surface area contributed by atoms with Crippen LogP contribution >= 0.6 is 0 Å². The van der Waals surface area contributed by atoms with E-state index in [-0.39, 0.29) is 29.7 Å². The number of piperidine rings is 1. The summed E-state index contributed by atoms with van der Waals surface area (Å²) in [4.78, 5) is 40.8. The van der Waals surface area contributed by atoms with E-state index in [2.05, 4.69) is 5.32 Å². The molecule has 152 valence electrons. The molecule has 0 radical (unpaired) electrons. The molecule has 1 N–H and O–H groups in total. The van der Waals surface area contributed by atoms with E-state index in [0.29, 0.717) is 44.6 Å². The summed E-state index contributed by atoms with van der Waals surface area (Å²) in [5.74, 6) is 0.550. The second kappa shape index (κ2) is 9.08. The minimum Gasteiger partial charge on any atom is -0.497 e. The number of ether oxygens (including phenoxy) is 1.